The van der Waals surface area contributed by atoms with E-state index >= 15 is 0 Å². The number of aromatic amines is 1. The Hall–Kier alpha value is -4.10. The van der Waals surface area contributed by atoms with Crippen LogP contribution < -0.4 is 15.8 Å². The number of nitrogens with two attached hydrogens (primary N) is 1. The van der Waals surface area contributed by atoms with Gasteiger partial charge in [-0.2, -0.15) is 0 Å². The summed E-state index contributed by atoms with van der Waals surface area (Å²) in [4.78, 5) is 28.0. The third kappa shape index (κ3) is 5.53. The van der Waals surface area contributed by atoms with Crippen molar-refractivity contribution in [1.82, 2.24) is 10.3 Å². The number of fused-ring (bicyclic) bond motifs is 1. The summed E-state index contributed by atoms with van der Waals surface area (Å²) < 4.78 is 5.84. The van der Waals surface area contributed by atoms with Gasteiger partial charge in [0, 0.05) is 22.7 Å². The van der Waals surface area contributed by atoms with Gasteiger partial charge in [-0.3, -0.25) is 9.59 Å². The van der Waals surface area contributed by atoms with Gasteiger partial charge >= 0.3 is 0 Å². The lowest BCUT2D eigenvalue weighted by atomic mass is 10.00. The maximum Gasteiger partial charge on any atom is 0.255 e. The number of para-hydroxylation sites is 1. The molecule has 0 radical (unpaired) electrons. The van der Waals surface area contributed by atoms with Crippen LogP contribution in [-0.2, 0) is 6.42 Å². The number of hydrogen-bond acceptors (Lipinski definition) is 4. The number of aromatic nitrogens is 1. The van der Waals surface area contributed by atoms with Gasteiger partial charge in [-0.15, -0.1) is 0 Å². The predicted molar refractivity (Wildman–Crippen MR) is 137 cm³/mol. The first-order valence-electron chi connectivity index (χ1n) is 11.6. The van der Waals surface area contributed by atoms with Crippen molar-refractivity contribution in [2.24, 2.45) is 5.73 Å². The number of carbonyl (C=O) groups excluding carboxylic acids is 2. The van der Waals surface area contributed by atoms with Crippen LogP contribution in [0.1, 0.15) is 39.6 Å². The molecule has 7 nitrogen and oxygen atoms in total. The van der Waals surface area contributed by atoms with Crippen LogP contribution in [0.5, 0.6) is 5.75 Å². The number of ether oxygens (including phenoxy) is 1. The van der Waals surface area contributed by atoms with Crippen molar-refractivity contribution in [2.75, 3.05) is 13.2 Å². The number of H-pyrrole nitrogens is 1. The molecule has 1 aromatic heterocycles. The highest BCUT2D eigenvalue weighted by Gasteiger charge is 2.19. The maximum atomic E-state index is 13.3. The van der Waals surface area contributed by atoms with E-state index in [9.17, 15) is 14.7 Å². The number of primary amides is 1. The molecule has 2 amide bonds. The molecule has 7 heteroatoms. The van der Waals surface area contributed by atoms with E-state index in [4.69, 9.17) is 10.5 Å². The molecule has 0 saturated heterocycles. The van der Waals surface area contributed by atoms with E-state index < -0.39 is 11.9 Å². The van der Waals surface area contributed by atoms with E-state index in [0.717, 1.165) is 34.0 Å². The van der Waals surface area contributed by atoms with Crippen molar-refractivity contribution < 1.29 is 19.4 Å². The van der Waals surface area contributed by atoms with Crippen LogP contribution >= 0.6 is 0 Å². The molecule has 0 aliphatic rings. The first-order chi connectivity index (χ1) is 17.0. The predicted octanol–water partition coefficient (Wildman–Crippen LogP) is 4.06. The van der Waals surface area contributed by atoms with E-state index in [1.807, 2.05) is 43.5 Å². The average molecular weight is 472 g/mol. The van der Waals surface area contributed by atoms with Gasteiger partial charge in [0.05, 0.1) is 24.8 Å². The van der Waals surface area contributed by atoms with Crippen molar-refractivity contribution in [3.8, 4) is 16.9 Å². The minimum Gasteiger partial charge on any atom is -0.493 e. The molecule has 180 valence electrons. The van der Waals surface area contributed by atoms with Crippen LogP contribution in [0.25, 0.3) is 22.0 Å². The summed E-state index contributed by atoms with van der Waals surface area (Å²) >= 11 is 0. The third-order valence-corrected chi connectivity index (χ3v) is 5.89. The standard InChI is InChI=1S/C28H29N3O4/c1-2-13-35-26-12-11-20(18-7-9-19(10-8-18)27(29)33)15-24(26)28(34)31-22(17-32)14-21-16-30-25-6-4-3-5-23(21)25/h3-12,15-16,22,30,32H,2,13-14,17H2,1H3,(H2,29,33)(H,31,34)/t22-/m0/s1. The highest BCUT2D eigenvalue weighted by molar-refractivity contribution is 5.99. The van der Waals surface area contributed by atoms with Gasteiger partial charge in [-0.05, 0) is 59.9 Å². The van der Waals surface area contributed by atoms with Crippen molar-refractivity contribution in [3.05, 3.63) is 89.6 Å². The zero-order valence-electron chi connectivity index (χ0n) is 19.6. The normalized spacial score (nSPS) is 11.8. The van der Waals surface area contributed by atoms with E-state index in [2.05, 4.69) is 10.3 Å². The number of rotatable bonds is 10. The Kier molecular flexibility index (Phi) is 7.48. The first kappa shape index (κ1) is 24.0. The number of benzene rings is 3. The molecule has 3 aromatic carbocycles. The molecular weight excluding hydrogens is 442 g/mol. The average Bonchev–Trinajstić information content (AvgIpc) is 3.29. The summed E-state index contributed by atoms with van der Waals surface area (Å²) in [5.41, 5.74) is 9.80. The fraction of sp³-hybridized carbons (Fsp3) is 0.214. The fourth-order valence-corrected chi connectivity index (χ4v) is 4.04. The minimum absolute atomic E-state index is 0.204. The number of nitrogens with one attached hydrogen (secondary N) is 2. The van der Waals surface area contributed by atoms with E-state index in [0.29, 0.717) is 29.9 Å². The second-order valence-electron chi connectivity index (χ2n) is 8.42. The van der Waals surface area contributed by atoms with E-state index in [-0.39, 0.29) is 12.5 Å². The van der Waals surface area contributed by atoms with Crippen molar-refractivity contribution in [3.63, 3.8) is 0 Å². The molecule has 4 aromatic rings. The fourth-order valence-electron chi connectivity index (χ4n) is 4.04. The molecule has 1 heterocycles. The molecule has 1 atom stereocenters. The minimum atomic E-state index is -0.495. The molecule has 0 spiro atoms. The highest BCUT2D eigenvalue weighted by atomic mass is 16.5. The van der Waals surface area contributed by atoms with Gasteiger partial charge < -0.3 is 25.9 Å². The molecule has 5 N–H and O–H groups in total. The molecule has 0 bridgehead atoms. The van der Waals surface area contributed by atoms with Crippen LogP contribution in [0.4, 0.5) is 0 Å². The monoisotopic (exact) mass is 471 g/mol. The number of aliphatic hydroxyl groups is 1. The largest absolute Gasteiger partial charge is 0.493 e. The zero-order valence-corrected chi connectivity index (χ0v) is 19.6. The molecule has 0 saturated carbocycles. The van der Waals surface area contributed by atoms with Crippen LogP contribution in [0.2, 0.25) is 0 Å². The topological polar surface area (TPSA) is 117 Å². The molecule has 35 heavy (non-hydrogen) atoms. The lowest BCUT2D eigenvalue weighted by Crippen LogP contribution is -2.39. The quantitative estimate of drug-likeness (QED) is 0.279. The van der Waals surface area contributed by atoms with Gasteiger partial charge in [0.1, 0.15) is 5.75 Å². The summed E-state index contributed by atoms with van der Waals surface area (Å²) in [5, 5.41) is 14.0. The Morgan fingerprint density at radius 3 is 2.51 bits per heavy atom. The van der Waals surface area contributed by atoms with Crippen molar-refractivity contribution in [2.45, 2.75) is 25.8 Å². The Balaban J connectivity index is 1.59. The van der Waals surface area contributed by atoms with Crippen molar-refractivity contribution >= 4 is 22.7 Å². The summed E-state index contributed by atoms with van der Waals surface area (Å²) in [6.45, 7) is 2.27. The molecule has 0 aliphatic carbocycles. The Morgan fingerprint density at radius 1 is 1.06 bits per heavy atom. The first-order valence-corrected chi connectivity index (χ1v) is 11.6. The lowest BCUT2D eigenvalue weighted by Gasteiger charge is -2.18. The summed E-state index contributed by atoms with van der Waals surface area (Å²) in [6, 6.07) is 19.7. The SMILES string of the molecule is CCCOc1ccc(-c2ccc(C(N)=O)cc2)cc1C(=O)N[C@H](CO)Cc1c[nH]c2ccccc12. The van der Waals surface area contributed by atoms with Gasteiger partial charge in [0.25, 0.3) is 5.91 Å². The van der Waals surface area contributed by atoms with E-state index in [1.54, 1.807) is 36.4 Å². The van der Waals surface area contributed by atoms with Crippen LogP contribution in [-0.4, -0.2) is 41.2 Å². The third-order valence-electron chi connectivity index (χ3n) is 5.89. The maximum absolute atomic E-state index is 13.3. The second-order valence-corrected chi connectivity index (χ2v) is 8.42. The Bertz CT molecular complexity index is 1330. The van der Waals surface area contributed by atoms with Crippen LogP contribution in [0.3, 0.4) is 0 Å². The molecule has 4 rings (SSSR count). The van der Waals surface area contributed by atoms with Crippen molar-refractivity contribution in [1.29, 1.82) is 0 Å². The summed E-state index contributed by atoms with van der Waals surface area (Å²) in [6.07, 6.45) is 3.19. The van der Waals surface area contributed by atoms with Gasteiger partial charge in [-0.25, -0.2) is 0 Å². The summed E-state index contributed by atoms with van der Waals surface area (Å²) in [5.74, 6) is -0.346. The Morgan fingerprint density at radius 2 is 1.80 bits per heavy atom. The summed E-state index contributed by atoms with van der Waals surface area (Å²) in [7, 11) is 0. The smallest absolute Gasteiger partial charge is 0.255 e. The number of hydrogen-bond donors (Lipinski definition) is 4. The number of aliphatic hydroxyl groups excluding tert-OH is 1. The van der Waals surface area contributed by atoms with Gasteiger partial charge in [-0.1, -0.05) is 43.3 Å². The molecular formula is C28H29N3O4. The lowest BCUT2D eigenvalue weighted by molar-refractivity contribution is 0.0912. The zero-order chi connectivity index (χ0) is 24.8. The van der Waals surface area contributed by atoms with Crippen LogP contribution in [0, 0.1) is 0 Å². The molecule has 0 aliphatic heterocycles. The van der Waals surface area contributed by atoms with Crippen LogP contribution in [0.15, 0.2) is 72.9 Å². The molecule has 0 unspecified atom stereocenters. The number of amides is 2. The van der Waals surface area contributed by atoms with Gasteiger partial charge in [0.2, 0.25) is 5.91 Å². The van der Waals surface area contributed by atoms with Gasteiger partial charge in [0.15, 0.2) is 0 Å². The Labute approximate surface area is 203 Å². The number of carbonyl (C=O) groups is 2. The second kappa shape index (κ2) is 10.9. The molecule has 0 fully saturated rings. The highest BCUT2D eigenvalue weighted by Crippen LogP contribution is 2.28. The van der Waals surface area contributed by atoms with E-state index in [1.165, 1.54) is 0 Å².